The van der Waals surface area contributed by atoms with E-state index in [4.69, 9.17) is 16.3 Å². The third kappa shape index (κ3) is 2.94. The van der Waals surface area contributed by atoms with Crippen molar-refractivity contribution in [2.45, 2.75) is 0 Å². The summed E-state index contributed by atoms with van der Waals surface area (Å²) in [6, 6.07) is 15.8. The summed E-state index contributed by atoms with van der Waals surface area (Å²) in [6.07, 6.45) is 0. The number of halogens is 1. The molecular weight excluding hydrogens is 314 g/mol. The molecule has 5 heteroatoms. The Morgan fingerprint density at radius 2 is 1.78 bits per heavy atom. The van der Waals surface area contributed by atoms with Crippen LogP contribution in [0.15, 0.2) is 54.6 Å². The van der Waals surface area contributed by atoms with E-state index < -0.39 is 5.91 Å². The molecule has 116 valence electrons. The molecule has 0 unspecified atom stereocenters. The Balaban J connectivity index is 2.00. The van der Waals surface area contributed by atoms with Gasteiger partial charge in [-0.3, -0.25) is 4.79 Å². The van der Waals surface area contributed by atoms with Gasteiger partial charge in [-0.05, 0) is 35.0 Å². The van der Waals surface area contributed by atoms with Crippen molar-refractivity contribution in [3.05, 3.63) is 65.2 Å². The Hall–Kier alpha value is -2.72. The predicted octanol–water partition coefficient (Wildman–Crippen LogP) is 4.46. The number of hydrogen-bond acceptors (Lipinski definition) is 3. The van der Waals surface area contributed by atoms with Crippen molar-refractivity contribution in [3.63, 3.8) is 0 Å². The maximum absolute atomic E-state index is 12.5. The fourth-order valence-electron chi connectivity index (χ4n) is 2.39. The van der Waals surface area contributed by atoms with Crippen molar-refractivity contribution in [1.82, 2.24) is 0 Å². The van der Waals surface area contributed by atoms with Crippen molar-refractivity contribution in [2.24, 2.45) is 0 Å². The number of methoxy groups -OCH3 is 1. The lowest BCUT2D eigenvalue weighted by Crippen LogP contribution is -2.13. The summed E-state index contributed by atoms with van der Waals surface area (Å²) in [5.41, 5.74) is 0.542. The molecule has 0 bridgehead atoms. The number of phenolic OH excluding ortho intramolecular Hbond substituents is 1. The standard InChI is InChI=1S/C18H14ClNO3/c1-23-16-8-4-7-14(19)17(16)20-18(22)13-9-11-5-2-3-6-12(11)10-15(13)21/h2-10,21H,1H3,(H,20,22). The molecule has 0 aliphatic carbocycles. The van der Waals surface area contributed by atoms with Crippen molar-refractivity contribution < 1.29 is 14.6 Å². The van der Waals surface area contributed by atoms with Gasteiger partial charge in [0.15, 0.2) is 0 Å². The molecule has 3 rings (SSSR count). The van der Waals surface area contributed by atoms with E-state index in [1.54, 1.807) is 30.3 Å². The first-order valence-corrected chi connectivity index (χ1v) is 7.33. The number of amides is 1. The second-order valence-electron chi connectivity index (χ2n) is 4.99. The average Bonchev–Trinajstić information content (AvgIpc) is 2.55. The van der Waals surface area contributed by atoms with Crippen LogP contribution in [-0.4, -0.2) is 18.1 Å². The Bertz CT molecular complexity index is 893. The molecule has 0 aliphatic rings. The average molecular weight is 328 g/mol. The molecule has 0 saturated carbocycles. The fraction of sp³-hybridized carbons (Fsp3) is 0.0556. The van der Waals surface area contributed by atoms with Gasteiger partial charge in [-0.2, -0.15) is 0 Å². The molecule has 0 fully saturated rings. The summed E-state index contributed by atoms with van der Waals surface area (Å²) in [4.78, 5) is 12.5. The van der Waals surface area contributed by atoms with Gasteiger partial charge in [0.05, 0.1) is 17.7 Å². The zero-order valence-electron chi connectivity index (χ0n) is 12.3. The van der Waals surface area contributed by atoms with Crippen LogP contribution >= 0.6 is 11.6 Å². The van der Waals surface area contributed by atoms with Crippen LogP contribution in [0, 0.1) is 0 Å². The van der Waals surface area contributed by atoms with E-state index in [-0.39, 0.29) is 11.3 Å². The summed E-state index contributed by atoms with van der Waals surface area (Å²) >= 11 is 6.12. The Morgan fingerprint density at radius 3 is 2.48 bits per heavy atom. The first-order valence-electron chi connectivity index (χ1n) is 6.96. The molecule has 0 atom stereocenters. The Morgan fingerprint density at radius 1 is 1.09 bits per heavy atom. The number of fused-ring (bicyclic) bond motifs is 1. The molecule has 0 spiro atoms. The highest BCUT2D eigenvalue weighted by atomic mass is 35.5. The second-order valence-corrected chi connectivity index (χ2v) is 5.39. The lowest BCUT2D eigenvalue weighted by atomic mass is 10.1. The number of rotatable bonds is 3. The molecule has 3 aromatic carbocycles. The fourth-order valence-corrected chi connectivity index (χ4v) is 2.60. The molecule has 0 radical (unpaired) electrons. The van der Waals surface area contributed by atoms with E-state index in [0.29, 0.717) is 16.5 Å². The molecule has 3 aromatic rings. The largest absolute Gasteiger partial charge is 0.507 e. The highest BCUT2D eigenvalue weighted by Crippen LogP contribution is 2.33. The van der Waals surface area contributed by atoms with Crippen molar-refractivity contribution in [2.75, 3.05) is 12.4 Å². The first kappa shape index (κ1) is 15.2. The van der Waals surface area contributed by atoms with Crippen LogP contribution in [0.5, 0.6) is 11.5 Å². The minimum absolute atomic E-state index is 0.0905. The van der Waals surface area contributed by atoms with Crippen LogP contribution in [0.4, 0.5) is 5.69 Å². The molecular formula is C18H14ClNO3. The Kier molecular flexibility index (Phi) is 4.08. The zero-order chi connectivity index (χ0) is 16.4. The minimum Gasteiger partial charge on any atom is -0.507 e. The van der Waals surface area contributed by atoms with Gasteiger partial charge >= 0.3 is 0 Å². The third-order valence-corrected chi connectivity index (χ3v) is 3.86. The number of hydrogen-bond donors (Lipinski definition) is 2. The van der Waals surface area contributed by atoms with Gasteiger partial charge in [0.1, 0.15) is 17.2 Å². The quantitative estimate of drug-likeness (QED) is 0.746. The molecule has 23 heavy (non-hydrogen) atoms. The number of aromatic hydroxyl groups is 1. The smallest absolute Gasteiger partial charge is 0.259 e. The van der Waals surface area contributed by atoms with Crippen LogP contribution in [0.25, 0.3) is 10.8 Å². The van der Waals surface area contributed by atoms with Gasteiger partial charge in [0.2, 0.25) is 0 Å². The zero-order valence-corrected chi connectivity index (χ0v) is 13.1. The maximum Gasteiger partial charge on any atom is 0.259 e. The monoisotopic (exact) mass is 327 g/mol. The van der Waals surface area contributed by atoms with E-state index in [9.17, 15) is 9.90 Å². The van der Waals surface area contributed by atoms with Gasteiger partial charge < -0.3 is 15.2 Å². The SMILES string of the molecule is COc1cccc(Cl)c1NC(=O)c1cc2ccccc2cc1O. The van der Waals surface area contributed by atoms with Crippen LogP contribution in [0.2, 0.25) is 5.02 Å². The maximum atomic E-state index is 12.5. The van der Waals surface area contributed by atoms with Crippen LogP contribution in [-0.2, 0) is 0 Å². The van der Waals surface area contributed by atoms with E-state index in [1.165, 1.54) is 7.11 Å². The lowest BCUT2D eigenvalue weighted by Gasteiger charge is -2.13. The van der Waals surface area contributed by atoms with E-state index >= 15 is 0 Å². The minimum atomic E-state index is -0.459. The number of ether oxygens (including phenoxy) is 1. The normalized spacial score (nSPS) is 10.5. The number of carbonyl (C=O) groups excluding carboxylic acids is 1. The van der Waals surface area contributed by atoms with Gasteiger partial charge in [-0.1, -0.05) is 41.9 Å². The Labute approximate surface area is 138 Å². The number of anilines is 1. The van der Waals surface area contributed by atoms with Gasteiger partial charge in [-0.25, -0.2) is 0 Å². The van der Waals surface area contributed by atoms with Crippen LogP contribution in [0.3, 0.4) is 0 Å². The molecule has 1 amide bonds. The van der Waals surface area contributed by atoms with Crippen molar-refractivity contribution in [1.29, 1.82) is 0 Å². The first-order chi connectivity index (χ1) is 11.1. The van der Waals surface area contributed by atoms with Crippen LogP contribution in [0.1, 0.15) is 10.4 Å². The van der Waals surface area contributed by atoms with E-state index in [0.717, 1.165) is 10.8 Å². The van der Waals surface area contributed by atoms with E-state index in [1.807, 2.05) is 24.3 Å². The van der Waals surface area contributed by atoms with Crippen molar-refractivity contribution in [3.8, 4) is 11.5 Å². The number of nitrogens with one attached hydrogen (secondary N) is 1. The van der Waals surface area contributed by atoms with E-state index in [2.05, 4.69) is 5.32 Å². The number of para-hydroxylation sites is 1. The van der Waals surface area contributed by atoms with Gasteiger partial charge in [0, 0.05) is 0 Å². The molecule has 0 heterocycles. The van der Waals surface area contributed by atoms with Crippen molar-refractivity contribution >= 4 is 34.0 Å². The summed E-state index contributed by atoms with van der Waals surface area (Å²) in [6.45, 7) is 0. The molecule has 0 saturated heterocycles. The predicted molar refractivity (Wildman–Crippen MR) is 91.6 cm³/mol. The second kappa shape index (κ2) is 6.18. The third-order valence-electron chi connectivity index (χ3n) is 3.54. The molecule has 0 aliphatic heterocycles. The summed E-state index contributed by atoms with van der Waals surface area (Å²) < 4.78 is 5.20. The molecule has 4 nitrogen and oxygen atoms in total. The lowest BCUT2D eigenvalue weighted by molar-refractivity contribution is 0.102. The summed E-state index contributed by atoms with van der Waals surface area (Å²) in [5, 5.41) is 14.9. The van der Waals surface area contributed by atoms with Gasteiger partial charge in [-0.15, -0.1) is 0 Å². The highest BCUT2D eigenvalue weighted by Gasteiger charge is 2.16. The summed E-state index contributed by atoms with van der Waals surface area (Å²) in [5.74, 6) is -0.0991. The highest BCUT2D eigenvalue weighted by molar-refractivity contribution is 6.34. The number of carbonyl (C=O) groups is 1. The molecule has 0 aromatic heterocycles. The topological polar surface area (TPSA) is 58.6 Å². The molecule has 2 N–H and O–H groups in total. The summed E-state index contributed by atoms with van der Waals surface area (Å²) in [7, 11) is 1.49. The van der Waals surface area contributed by atoms with Crippen LogP contribution < -0.4 is 10.1 Å². The number of phenols is 1. The van der Waals surface area contributed by atoms with Gasteiger partial charge in [0.25, 0.3) is 5.91 Å². The number of benzene rings is 3.